The van der Waals surface area contributed by atoms with Crippen molar-refractivity contribution in [2.45, 2.75) is 44.6 Å². The summed E-state index contributed by atoms with van der Waals surface area (Å²) in [6, 6.07) is 9.06. The number of rotatable bonds is 4. The predicted octanol–water partition coefficient (Wildman–Crippen LogP) is 2.75. The van der Waals surface area contributed by atoms with E-state index in [1.165, 1.54) is 38.6 Å². The molecule has 2 nitrogen and oxygen atoms in total. The standard InChI is InChI=1S/C19H28N2/c1-13-8-16(13)11-21-19(12-20)17-6-7-18(19)10-15-5-3-2-4-14(15)9-17/h2-5,13,16-18,21H,6-12,20H2,1H3. The molecule has 1 aromatic carbocycles. The first-order chi connectivity index (χ1) is 10.2. The Morgan fingerprint density at radius 2 is 1.71 bits per heavy atom. The van der Waals surface area contributed by atoms with Gasteiger partial charge in [0, 0.05) is 12.1 Å². The molecular weight excluding hydrogens is 256 g/mol. The molecule has 4 unspecified atom stereocenters. The second kappa shape index (κ2) is 5.10. The summed E-state index contributed by atoms with van der Waals surface area (Å²) in [5, 5.41) is 3.99. The summed E-state index contributed by atoms with van der Waals surface area (Å²) in [4.78, 5) is 0. The molecule has 3 aliphatic rings. The Hall–Kier alpha value is -0.860. The summed E-state index contributed by atoms with van der Waals surface area (Å²) in [5.41, 5.74) is 9.68. The molecule has 2 saturated carbocycles. The summed E-state index contributed by atoms with van der Waals surface area (Å²) in [6.45, 7) is 4.36. The molecule has 0 radical (unpaired) electrons. The molecule has 21 heavy (non-hydrogen) atoms. The first-order valence-electron chi connectivity index (χ1n) is 8.75. The maximum absolute atomic E-state index is 6.34. The summed E-state index contributed by atoms with van der Waals surface area (Å²) in [6.07, 6.45) is 6.55. The van der Waals surface area contributed by atoms with Crippen LogP contribution in [-0.4, -0.2) is 18.6 Å². The third kappa shape index (κ3) is 2.24. The average Bonchev–Trinajstić information content (AvgIpc) is 3.11. The zero-order valence-electron chi connectivity index (χ0n) is 13.1. The smallest absolute Gasteiger partial charge is 0.0367 e. The molecule has 4 atom stereocenters. The highest BCUT2D eigenvalue weighted by Gasteiger charge is 2.51. The Balaban J connectivity index is 1.60. The second-order valence-electron chi connectivity index (χ2n) is 7.75. The number of hydrogen-bond donors (Lipinski definition) is 2. The Morgan fingerprint density at radius 3 is 2.19 bits per heavy atom. The normalized spacial score (nSPS) is 40.7. The molecule has 3 aliphatic carbocycles. The van der Waals surface area contributed by atoms with Gasteiger partial charge in [-0.15, -0.1) is 0 Å². The van der Waals surface area contributed by atoms with Gasteiger partial charge >= 0.3 is 0 Å². The minimum absolute atomic E-state index is 0.196. The van der Waals surface area contributed by atoms with Crippen LogP contribution in [0.4, 0.5) is 0 Å². The van der Waals surface area contributed by atoms with E-state index in [0.717, 1.165) is 30.2 Å². The van der Waals surface area contributed by atoms with Crippen molar-refractivity contribution in [3.63, 3.8) is 0 Å². The fourth-order valence-corrected chi connectivity index (χ4v) is 5.00. The van der Waals surface area contributed by atoms with E-state index in [0.29, 0.717) is 0 Å². The highest BCUT2D eigenvalue weighted by atomic mass is 15.0. The third-order valence-corrected chi connectivity index (χ3v) is 6.68. The van der Waals surface area contributed by atoms with Crippen molar-refractivity contribution in [2.75, 3.05) is 13.1 Å². The van der Waals surface area contributed by atoms with Gasteiger partial charge < -0.3 is 11.1 Å². The van der Waals surface area contributed by atoms with E-state index in [1.807, 2.05) is 0 Å². The molecule has 0 spiro atoms. The molecular formula is C19H28N2. The van der Waals surface area contributed by atoms with Crippen molar-refractivity contribution >= 4 is 0 Å². The van der Waals surface area contributed by atoms with Crippen LogP contribution < -0.4 is 11.1 Å². The summed E-state index contributed by atoms with van der Waals surface area (Å²) < 4.78 is 0. The first-order valence-corrected chi connectivity index (χ1v) is 8.75. The van der Waals surface area contributed by atoms with Crippen LogP contribution in [0.3, 0.4) is 0 Å². The number of benzene rings is 1. The molecule has 0 aromatic heterocycles. The zero-order chi connectivity index (χ0) is 14.4. The van der Waals surface area contributed by atoms with Crippen molar-refractivity contribution < 1.29 is 0 Å². The van der Waals surface area contributed by atoms with Gasteiger partial charge in [0.2, 0.25) is 0 Å². The van der Waals surface area contributed by atoms with Crippen LogP contribution in [0.15, 0.2) is 24.3 Å². The molecule has 4 rings (SSSR count). The van der Waals surface area contributed by atoms with E-state index >= 15 is 0 Å². The Morgan fingerprint density at radius 1 is 1.14 bits per heavy atom. The predicted molar refractivity (Wildman–Crippen MR) is 87.1 cm³/mol. The molecule has 0 aliphatic heterocycles. The monoisotopic (exact) mass is 284 g/mol. The highest BCUT2D eigenvalue weighted by molar-refractivity contribution is 5.32. The second-order valence-corrected chi connectivity index (χ2v) is 7.75. The lowest BCUT2D eigenvalue weighted by Crippen LogP contribution is -2.59. The molecule has 1 aromatic rings. The lowest BCUT2D eigenvalue weighted by atomic mass is 9.78. The van der Waals surface area contributed by atoms with Gasteiger partial charge in [0.15, 0.2) is 0 Å². The van der Waals surface area contributed by atoms with Gasteiger partial charge in [0.25, 0.3) is 0 Å². The number of fused-ring (bicyclic) bond motifs is 3. The van der Waals surface area contributed by atoms with Crippen molar-refractivity contribution in [3.8, 4) is 0 Å². The fourth-order valence-electron chi connectivity index (χ4n) is 5.00. The lowest BCUT2D eigenvalue weighted by Gasteiger charge is -2.39. The Labute approximate surface area is 128 Å². The number of hydrogen-bond acceptors (Lipinski definition) is 2. The van der Waals surface area contributed by atoms with Gasteiger partial charge in [-0.2, -0.15) is 0 Å². The fraction of sp³-hybridized carbons (Fsp3) is 0.684. The topological polar surface area (TPSA) is 38.0 Å². The van der Waals surface area contributed by atoms with E-state index in [4.69, 9.17) is 5.73 Å². The van der Waals surface area contributed by atoms with Crippen LogP contribution in [0.5, 0.6) is 0 Å². The van der Waals surface area contributed by atoms with E-state index in [2.05, 4.69) is 36.5 Å². The van der Waals surface area contributed by atoms with Crippen molar-refractivity contribution in [3.05, 3.63) is 35.4 Å². The van der Waals surface area contributed by atoms with Gasteiger partial charge in [-0.05, 0) is 73.4 Å². The average molecular weight is 284 g/mol. The molecule has 2 heteroatoms. The quantitative estimate of drug-likeness (QED) is 0.892. The summed E-state index contributed by atoms with van der Waals surface area (Å²) in [7, 11) is 0. The largest absolute Gasteiger partial charge is 0.329 e. The molecule has 2 bridgehead atoms. The van der Waals surface area contributed by atoms with Crippen LogP contribution in [0.2, 0.25) is 0 Å². The minimum atomic E-state index is 0.196. The van der Waals surface area contributed by atoms with Crippen molar-refractivity contribution in [1.82, 2.24) is 5.32 Å². The lowest BCUT2D eigenvalue weighted by molar-refractivity contribution is 0.191. The van der Waals surface area contributed by atoms with Crippen LogP contribution >= 0.6 is 0 Å². The van der Waals surface area contributed by atoms with Crippen molar-refractivity contribution in [1.29, 1.82) is 0 Å². The molecule has 114 valence electrons. The number of nitrogens with two attached hydrogens (primary N) is 1. The highest BCUT2D eigenvalue weighted by Crippen LogP contribution is 2.47. The molecule has 0 heterocycles. The Bertz CT molecular complexity index is 491. The molecule has 2 fully saturated rings. The summed E-state index contributed by atoms with van der Waals surface area (Å²) in [5.74, 6) is 3.28. The maximum Gasteiger partial charge on any atom is 0.0367 e. The third-order valence-electron chi connectivity index (χ3n) is 6.68. The SMILES string of the molecule is CC1CC1CNC1(CN)C2CCC1Cc1ccccc1C2. The maximum atomic E-state index is 6.34. The van der Waals surface area contributed by atoms with Crippen molar-refractivity contribution in [2.24, 2.45) is 29.4 Å². The number of nitrogens with one attached hydrogen (secondary N) is 1. The molecule has 0 amide bonds. The van der Waals surface area contributed by atoms with Gasteiger partial charge in [-0.1, -0.05) is 31.2 Å². The van der Waals surface area contributed by atoms with Gasteiger partial charge in [-0.3, -0.25) is 0 Å². The van der Waals surface area contributed by atoms with Gasteiger partial charge in [-0.25, -0.2) is 0 Å². The molecule has 3 N–H and O–H groups in total. The van der Waals surface area contributed by atoms with E-state index in [1.54, 1.807) is 11.1 Å². The first kappa shape index (κ1) is 13.8. The van der Waals surface area contributed by atoms with Crippen LogP contribution in [-0.2, 0) is 12.8 Å². The van der Waals surface area contributed by atoms with Crippen LogP contribution in [0, 0.1) is 23.7 Å². The minimum Gasteiger partial charge on any atom is -0.329 e. The van der Waals surface area contributed by atoms with E-state index < -0.39 is 0 Å². The Kier molecular flexibility index (Phi) is 3.35. The van der Waals surface area contributed by atoms with Gasteiger partial charge in [0.05, 0.1) is 0 Å². The van der Waals surface area contributed by atoms with E-state index in [-0.39, 0.29) is 5.54 Å². The van der Waals surface area contributed by atoms with Gasteiger partial charge in [0.1, 0.15) is 0 Å². The van der Waals surface area contributed by atoms with Crippen LogP contribution in [0.1, 0.15) is 37.3 Å². The molecule has 0 saturated heterocycles. The summed E-state index contributed by atoms with van der Waals surface area (Å²) >= 11 is 0. The van der Waals surface area contributed by atoms with E-state index in [9.17, 15) is 0 Å². The zero-order valence-corrected chi connectivity index (χ0v) is 13.1. The van der Waals surface area contributed by atoms with Crippen LogP contribution in [0.25, 0.3) is 0 Å².